The van der Waals surface area contributed by atoms with Gasteiger partial charge in [0.1, 0.15) is 11.9 Å². The summed E-state index contributed by atoms with van der Waals surface area (Å²) >= 11 is 1.82. The summed E-state index contributed by atoms with van der Waals surface area (Å²) in [7, 11) is 0. The van der Waals surface area contributed by atoms with E-state index >= 15 is 0 Å². The summed E-state index contributed by atoms with van der Waals surface area (Å²) in [5, 5.41) is 8.95. The molecule has 0 bridgehead atoms. The van der Waals surface area contributed by atoms with Crippen molar-refractivity contribution in [2.24, 2.45) is 0 Å². The Morgan fingerprint density at radius 3 is 3.12 bits per heavy atom. The molecular weight excluding hydrogens is 220 g/mol. The monoisotopic (exact) mass is 238 g/mol. The largest absolute Gasteiger partial charge is 0.489 e. The van der Waals surface area contributed by atoms with Gasteiger partial charge in [0.05, 0.1) is 0 Å². The zero-order valence-electron chi connectivity index (χ0n) is 9.61. The van der Waals surface area contributed by atoms with Crippen LogP contribution in [0.4, 0.5) is 0 Å². The molecule has 3 heteroatoms. The maximum atomic E-state index is 8.95. The Balaban J connectivity index is 2.20. The fraction of sp³-hybridized carbons (Fsp3) is 0.538. The highest BCUT2D eigenvalue weighted by atomic mass is 32.2. The minimum atomic E-state index is 0.191. The Hall–Kier alpha value is -0.670. The second kappa shape index (κ2) is 5.60. The van der Waals surface area contributed by atoms with E-state index in [0.717, 1.165) is 30.8 Å². The summed E-state index contributed by atoms with van der Waals surface area (Å²) in [5.41, 5.74) is 1.31. The molecule has 1 unspecified atom stereocenters. The average molecular weight is 238 g/mol. The van der Waals surface area contributed by atoms with Gasteiger partial charge < -0.3 is 9.84 Å². The van der Waals surface area contributed by atoms with E-state index in [9.17, 15) is 0 Å². The molecule has 0 saturated carbocycles. The van der Waals surface area contributed by atoms with E-state index in [1.54, 1.807) is 0 Å². The minimum Gasteiger partial charge on any atom is -0.489 e. The van der Waals surface area contributed by atoms with Gasteiger partial charge in [-0.2, -0.15) is 0 Å². The van der Waals surface area contributed by atoms with Gasteiger partial charge in [-0.25, -0.2) is 0 Å². The lowest BCUT2D eigenvalue weighted by Crippen LogP contribution is -2.24. The van der Waals surface area contributed by atoms with Gasteiger partial charge in [0.25, 0.3) is 0 Å². The van der Waals surface area contributed by atoms with E-state index in [2.05, 4.69) is 25.1 Å². The molecule has 1 aromatic carbocycles. The molecule has 0 radical (unpaired) electrons. The number of para-hydroxylation sites is 1. The summed E-state index contributed by atoms with van der Waals surface area (Å²) in [6.07, 6.45) is 3.02. The molecule has 2 rings (SSSR count). The van der Waals surface area contributed by atoms with Crippen LogP contribution in [0.2, 0.25) is 0 Å². The molecule has 1 aliphatic rings. The molecule has 1 heterocycles. The van der Waals surface area contributed by atoms with Crippen molar-refractivity contribution in [1.29, 1.82) is 0 Å². The van der Waals surface area contributed by atoms with Crippen molar-refractivity contribution in [1.82, 2.24) is 0 Å². The smallest absolute Gasteiger partial charge is 0.136 e. The van der Waals surface area contributed by atoms with Crippen molar-refractivity contribution in [3.05, 3.63) is 23.8 Å². The van der Waals surface area contributed by atoms with Gasteiger partial charge in [0.15, 0.2) is 0 Å². The first kappa shape index (κ1) is 11.8. The number of fused-ring (bicyclic) bond motifs is 1. The number of thioether (sulfide) groups is 1. The molecule has 1 N–H and O–H groups in total. The first-order valence-corrected chi connectivity index (χ1v) is 6.86. The van der Waals surface area contributed by atoms with Crippen LogP contribution in [-0.4, -0.2) is 23.6 Å². The Morgan fingerprint density at radius 2 is 2.38 bits per heavy atom. The fourth-order valence-electron chi connectivity index (χ4n) is 2.05. The molecule has 0 saturated heterocycles. The summed E-state index contributed by atoms with van der Waals surface area (Å²) in [6, 6.07) is 6.37. The van der Waals surface area contributed by atoms with Crippen LogP contribution < -0.4 is 4.74 Å². The highest BCUT2D eigenvalue weighted by Gasteiger charge is 2.21. The zero-order chi connectivity index (χ0) is 11.4. The van der Waals surface area contributed by atoms with Crippen LogP contribution >= 0.6 is 11.8 Å². The second-order valence-corrected chi connectivity index (χ2v) is 5.27. The molecular formula is C13H18O2S. The van der Waals surface area contributed by atoms with Gasteiger partial charge in [-0.15, -0.1) is 11.8 Å². The highest BCUT2D eigenvalue weighted by molar-refractivity contribution is 7.99. The van der Waals surface area contributed by atoms with Gasteiger partial charge >= 0.3 is 0 Å². The second-order valence-electron chi connectivity index (χ2n) is 3.97. The minimum absolute atomic E-state index is 0.191. The van der Waals surface area contributed by atoms with Gasteiger partial charge in [-0.3, -0.25) is 0 Å². The number of rotatable bonds is 4. The molecule has 0 aliphatic carbocycles. The maximum absolute atomic E-state index is 8.95. The number of aryl methyl sites for hydroxylation is 1. The number of hydrogen-bond acceptors (Lipinski definition) is 3. The topological polar surface area (TPSA) is 29.5 Å². The Kier molecular flexibility index (Phi) is 4.13. The van der Waals surface area contributed by atoms with Crippen molar-refractivity contribution in [3.8, 4) is 5.75 Å². The SMILES string of the molecule is CCSc1cccc2c1OC(CCO)CC2. The number of ether oxygens (including phenoxy) is 1. The van der Waals surface area contributed by atoms with Crippen LogP contribution in [0.3, 0.4) is 0 Å². The van der Waals surface area contributed by atoms with E-state index < -0.39 is 0 Å². The van der Waals surface area contributed by atoms with E-state index in [0.29, 0.717) is 0 Å². The van der Waals surface area contributed by atoms with E-state index in [4.69, 9.17) is 9.84 Å². The molecule has 0 aromatic heterocycles. The van der Waals surface area contributed by atoms with E-state index in [1.807, 2.05) is 11.8 Å². The summed E-state index contributed by atoms with van der Waals surface area (Å²) in [4.78, 5) is 1.24. The number of aliphatic hydroxyl groups excluding tert-OH is 1. The van der Waals surface area contributed by atoms with Crippen molar-refractivity contribution in [2.75, 3.05) is 12.4 Å². The highest BCUT2D eigenvalue weighted by Crippen LogP contribution is 2.37. The van der Waals surface area contributed by atoms with Gasteiger partial charge in [0, 0.05) is 17.9 Å². The maximum Gasteiger partial charge on any atom is 0.136 e. The van der Waals surface area contributed by atoms with Crippen LogP contribution in [0.1, 0.15) is 25.3 Å². The molecule has 1 atom stereocenters. The van der Waals surface area contributed by atoms with Gasteiger partial charge in [0.2, 0.25) is 0 Å². The quantitative estimate of drug-likeness (QED) is 0.818. The lowest BCUT2D eigenvalue weighted by Gasteiger charge is -2.27. The number of hydrogen-bond donors (Lipinski definition) is 1. The molecule has 0 spiro atoms. The Bertz CT molecular complexity index is 352. The standard InChI is InChI=1S/C13H18O2S/c1-2-16-12-5-3-4-10-6-7-11(8-9-14)15-13(10)12/h3-5,11,14H,2,6-9H2,1H3. The van der Waals surface area contributed by atoms with Gasteiger partial charge in [-0.1, -0.05) is 19.1 Å². The Morgan fingerprint density at radius 1 is 1.50 bits per heavy atom. The van der Waals surface area contributed by atoms with Crippen molar-refractivity contribution in [2.45, 2.75) is 37.2 Å². The molecule has 88 valence electrons. The molecule has 1 aliphatic heterocycles. The zero-order valence-corrected chi connectivity index (χ0v) is 10.4. The Labute approximate surface area is 101 Å². The van der Waals surface area contributed by atoms with Crippen LogP contribution in [0.15, 0.2) is 23.1 Å². The third-order valence-corrected chi connectivity index (χ3v) is 3.75. The van der Waals surface area contributed by atoms with Crippen LogP contribution in [0, 0.1) is 0 Å². The molecule has 1 aromatic rings. The normalized spacial score (nSPS) is 19.0. The average Bonchev–Trinajstić information content (AvgIpc) is 2.31. The van der Waals surface area contributed by atoms with Crippen LogP contribution in [-0.2, 0) is 6.42 Å². The third-order valence-electron chi connectivity index (χ3n) is 2.83. The summed E-state index contributed by atoms with van der Waals surface area (Å²) in [6.45, 7) is 2.36. The molecule has 0 amide bonds. The lowest BCUT2D eigenvalue weighted by molar-refractivity contribution is 0.130. The van der Waals surface area contributed by atoms with Crippen LogP contribution in [0.25, 0.3) is 0 Å². The first-order chi connectivity index (χ1) is 7.85. The predicted octanol–water partition coefficient (Wildman–Crippen LogP) is 2.87. The van der Waals surface area contributed by atoms with Gasteiger partial charge in [-0.05, 0) is 30.2 Å². The predicted molar refractivity (Wildman–Crippen MR) is 67.3 cm³/mol. The van der Waals surface area contributed by atoms with Crippen molar-refractivity contribution >= 4 is 11.8 Å². The summed E-state index contributed by atoms with van der Waals surface area (Å²) in [5.74, 6) is 2.11. The van der Waals surface area contributed by atoms with E-state index in [1.165, 1.54) is 10.5 Å². The van der Waals surface area contributed by atoms with Crippen molar-refractivity contribution in [3.63, 3.8) is 0 Å². The van der Waals surface area contributed by atoms with Crippen molar-refractivity contribution < 1.29 is 9.84 Å². The lowest BCUT2D eigenvalue weighted by atomic mass is 10.0. The fourth-order valence-corrected chi connectivity index (χ4v) is 2.85. The molecule has 16 heavy (non-hydrogen) atoms. The third kappa shape index (κ3) is 2.53. The van der Waals surface area contributed by atoms with Crippen LogP contribution in [0.5, 0.6) is 5.75 Å². The van der Waals surface area contributed by atoms with E-state index in [-0.39, 0.29) is 12.7 Å². The molecule has 2 nitrogen and oxygen atoms in total. The number of aliphatic hydroxyl groups is 1. The first-order valence-electron chi connectivity index (χ1n) is 5.87. The molecule has 0 fully saturated rings. The number of benzene rings is 1. The summed E-state index contributed by atoms with van der Waals surface area (Å²) < 4.78 is 5.98.